The van der Waals surface area contributed by atoms with Crippen LogP contribution >= 0.6 is 0 Å². The van der Waals surface area contributed by atoms with Crippen molar-refractivity contribution in [2.24, 2.45) is 0 Å². The Morgan fingerprint density at radius 1 is 0.490 bits per heavy atom. The highest BCUT2D eigenvalue weighted by molar-refractivity contribution is 6.14. The Kier molecular flexibility index (Phi) is 6.53. The SMILES string of the molecule is CC1(C)c2ccccc2-c2cc(-c3ccccc3)c(N(c3ccc(-c4ccccc4)cc3)c3ccc4c(n3)oc3c5ccccc5ccc43)cc21. The van der Waals surface area contributed by atoms with E-state index < -0.39 is 0 Å². The summed E-state index contributed by atoms with van der Waals surface area (Å²) in [6.07, 6.45) is 0. The second kappa shape index (κ2) is 11.3. The molecule has 0 N–H and O–H groups in total. The minimum Gasteiger partial charge on any atom is -0.437 e. The zero-order chi connectivity index (χ0) is 34.1. The molecule has 0 amide bonds. The van der Waals surface area contributed by atoms with Crippen LogP contribution in [0.15, 0.2) is 174 Å². The van der Waals surface area contributed by atoms with Gasteiger partial charge < -0.3 is 4.42 Å². The molecule has 2 heterocycles. The fourth-order valence-electron chi connectivity index (χ4n) is 8.10. The Hall–Kier alpha value is -6.45. The average Bonchev–Trinajstić information content (AvgIpc) is 3.67. The number of anilines is 3. The second-order valence-electron chi connectivity index (χ2n) is 14.0. The average molecular weight is 655 g/mol. The molecule has 1 aliphatic carbocycles. The molecule has 3 heteroatoms. The lowest BCUT2D eigenvalue weighted by atomic mass is 9.81. The van der Waals surface area contributed by atoms with Crippen LogP contribution in [0.25, 0.3) is 66.2 Å². The van der Waals surface area contributed by atoms with Crippen molar-refractivity contribution in [1.82, 2.24) is 4.98 Å². The van der Waals surface area contributed by atoms with Gasteiger partial charge in [0.15, 0.2) is 0 Å². The number of aromatic nitrogens is 1. The standard InChI is InChI=1S/C48H34N2O/c1-48(2)42-20-12-11-19-37(42)41-29-40(33-15-7-4-8-16-33)44(30-43(41)48)50(35-24-21-32(22-25-35)31-13-5-3-6-14-31)45-28-27-39-38-26-23-34-17-9-10-18-36(34)46(38)51-47(39)49-45/h3-30H,1-2H3. The smallest absolute Gasteiger partial charge is 0.229 e. The fourth-order valence-corrected chi connectivity index (χ4v) is 8.10. The van der Waals surface area contributed by atoms with Crippen molar-refractivity contribution in [3.8, 4) is 33.4 Å². The first-order valence-corrected chi connectivity index (χ1v) is 17.5. The summed E-state index contributed by atoms with van der Waals surface area (Å²) in [5, 5.41) is 4.32. The number of fused-ring (bicyclic) bond motifs is 8. The molecule has 7 aromatic carbocycles. The maximum atomic E-state index is 6.63. The lowest BCUT2D eigenvalue weighted by Gasteiger charge is -2.29. The molecular weight excluding hydrogens is 621 g/mol. The van der Waals surface area contributed by atoms with Crippen LogP contribution in [0.4, 0.5) is 17.2 Å². The molecule has 1 aliphatic rings. The summed E-state index contributed by atoms with van der Waals surface area (Å²) in [6, 6.07) is 60.7. The van der Waals surface area contributed by atoms with Crippen LogP contribution in [0.5, 0.6) is 0 Å². The van der Waals surface area contributed by atoms with Crippen LogP contribution in [0.2, 0.25) is 0 Å². The third kappa shape index (κ3) is 4.62. The molecule has 9 aromatic rings. The Balaban J connectivity index is 1.24. The van der Waals surface area contributed by atoms with Crippen molar-refractivity contribution in [3.05, 3.63) is 181 Å². The molecule has 242 valence electrons. The largest absolute Gasteiger partial charge is 0.437 e. The van der Waals surface area contributed by atoms with E-state index in [1.807, 2.05) is 0 Å². The van der Waals surface area contributed by atoms with E-state index in [0.29, 0.717) is 5.71 Å². The molecule has 10 rings (SSSR count). The second-order valence-corrected chi connectivity index (χ2v) is 14.0. The van der Waals surface area contributed by atoms with Crippen LogP contribution in [-0.2, 0) is 5.41 Å². The first kappa shape index (κ1) is 29.5. The van der Waals surface area contributed by atoms with E-state index in [-0.39, 0.29) is 5.41 Å². The lowest BCUT2D eigenvalue weighted by Crippen LogP contribution is -2.17. The molecule has 0 fully saturated rings. The van der Waals surface area contributed by atoms with Gasteiger partial charge in [-0.2, -0.15) is 4.98 Å². The minimum absolute atomic E-state index is 0.171. The molecule has 0 spiro atoms. The van der Waals surface area contributed by atoms with E-state index in [1.54, 1.807) is 0 Å². The maximum absolute atomic E-state index is 6.63. The van der Waals surface area contributed by atoms with Gasteiger partial charge in [-0.25, -0.2) is 0 Å². The van der Waals surface area contributed by atoms with Gasteiger partial charge in [0.25, 0.3) is 0 Å². The molecule has 3 nitrogen and oxygen atoms in total. The van der Waals surface area contributed by atoms with Gasteiger partial charge >= 0.3 is 0 Å². The first-order chi connectivity index (χ1) is 25.0. The molecule has 0 aliphatic heterocycles. The zero-order valence-corrected chi connectivity index (χ0v) is 28.5. The Bertz CT molecular complexity index is 2760. The van der Waals surface area contributed by atoms with Gasteiger partial charge in [-0.05, 0) is 86.8 Å². The van der Waals surface area contributed by atoms with Gasteiger partial charge in [0.05, 0.1) is 5.69 Å². The predicted molar refractivity (Wildman–Crippen MR) is 212 cm³/mol. The molecule has 0 bridgehead atoms. The van der Waals surface area contributed by atoms with Crippen molar-refractivity contribution >= 4 is 50.0 Å². The van der Waals surface area contributed by atoms with Gasteiger partial charge in [0.1, 0.15) is 11.4 Å². The summed E-state index contributed by atoms with van der Waals surface area (Å²) in [7, 11) is 0. The predicted octanol–water partition coefficient (Wildman–Crippen LogP) is 13.2. The number of nitrogens with zero attached hydrogens (tertiary/aromatic N) is 2. The summed E-state index contributed by atoms with van der Waals surface area (Å²) >= 11 is 0. The quantitative estimate of drug-likeness (QED) is 0.185. The van der Waals surface area contributed by atoms with E-state index in [2.05, 4.69) is 189 Å². The van der Waals surface area contributed by atoms with Crippen LogP contribution in [0, 0.1) is 0 Å². The number of benzene rings is 7. The highest BCUT2D eigenvalue weighted by atomic mass is 16.3. The maximum Gasteiger partial charge on any atom is 0.229 e. The Morgan fingerprint density at radius 2 is 1.16 bits per heavy atom. The minimum atomic E-state index is -0.171. The summed E-state index contributed by atoms with van der Waals surface area (Å²) < 4.78 is 6.63. The number of hydrogen-bond donors (Lipinski definition) is 0. The van der Waals surface area contributed by atoms with Gasteiger partial charge in [0.2, 0.25) is 5.71 Å². The van der Waals surface area contributed by atoms with Crippen molar-refractivity contribution in [2.75, 3.05) is 4.90 Å². The van der Waals surface area contributed by atoms with Gasteiger partial charge in [-0.1, -0.05) is 141 Å². The highest BCUT2D eigenvalue weighted by Gasteiger charge is 2.37. The number of hydrogen-bond acceptors (Lipinski definition) is 3. The third-order valence-electron chi connectivity index (χ3n) is 10.7. The molecule has 0 radical (unpaired) electrons. The number of rotatable bonds is 5. The van der Waals surface area contributed by atoms with E-state index in [9.17, 15) is 0 Å². The lowest BCUT2D eigenvalue weighted by molar-refractivity contribution is 0.657. The topological polar surface area (TPSA) is 29.3 Å². The summed E-state index contributed by atoms with van der Waals surface area (Å²) in [4.78, 5) is 7.62. The summed E-state index contributed by atoms with van der Waals surface area (Å²) in [5.41, 5.74) is 13.3. The molecule has 0 atom stereocenters. The van der Waals surface area contributed by atoms with E-state index in [4.69, 9.17) is 9.40 Å². The molecular formula is C48H34N2O. The first-order valence-electron chi connectivity index (χ1n) is 17.5. The van der Waals surface area contributed by atoms with E-state index in [0.717, 1.165) is 55.4 Å². The Morgan fingerprint density at radius 3 is 1.96 bits per heavy atom. The molecule has 51 heavy (non-hydrogen) atoms. The highest BCUT2D eigenvalue weighted by Crippen LogP contribution is 2.53. The van der Waals surface area contributed by atoms with Crippen LogP contribution < -0.4 is 4.90 Å². The fraction of sp³-hybridized carbons (Fsp3) is 0.0625. The Labute approximate surface area is 297 Å². The van der Waals surface area contributed by atoms with Crippen molar-refractivity contribution in [3.63, 3.8) is 0 Å². The van der Waals surface area contributed by atoms with Gasteiger partial charge in [-0.3, -0.25) is 4.90 Å². The number of pyridine rings is 1. The van der Waals surface area contributed by atoms with Crippen molar-refractivity contribution in [1.29, 1.82) is 0 Å². The summed E-state index contributed by atoms with van der Waals surface area (Å²) in [6.45, 7) is 4.68. The van der Waals surface area contributed by atoms with Crippen molar-refractivity contribution in [2.45, 2.75) is 19.3 Å². The van der Waals surface area contributed by atoms with Crippen molar-refractivity contribution < 1.29 is 4.42 Å². The van der Waals surface area contributed by atoms with E-state index in [1.165, 1.54) is 33.4 Å². The molecule has 0 saturated carbocycles. The van der Waals surface area contributed by atoms with Crippen LogP contribution in [-0.4, -0.2) is 4.98 Å². The monoisotopic (exact) mass is 654 g/mol. The van der Waals surface area contributed by atoms with Crippen LogP contribution in [0.1, 0.15) is 25.0 Å². The van der Waals surface area contributed by atoms with Gasteiger partial charge in [0, 0.05) is 32.8 Å². The molecule has 0 saturated heterocycles. The number of furan rings is 1. The zero-order valence-electron chi connectivity index (χ0n) is 28.5. The summed E-state index contributed by atoms with van der Waals surface area (Å²) in [5.74, 6) is 0.795. The normalized spacial score (nSPS) is 13.1. The van der Waals surface area contributed by atoms with Crippen LogP contribution in [0.3, 0.4) is 0 Å². The molecule has 0 unspecified atom stereocenters. The van der Waals surface area contributed by atoms with Gasteiger partial charge in [-0.15, -0.1) is 0 Å². The van der Waals surface area contributed by atoms with E-state index >= 15 is 0 Å². The molecule has 2 aromatic heterocycles. The third-order valence-corrected chi connectivity index (χ3v) is 10.7.